The molecule has 0 saturated carbocycles. The number of aromatic nitrogens is 2. The summed E-state index contributed by atoms with van der Waals surface area (Å²) in [5, 5.41) is 6.09. The van der Waals surface area contributed by atoms with Crippen molar-refractivity contribution in [3.05, 3.63) is 72.3 Å². The van der Waals surface area contributed by atoms with Gasteiger partial charge in [-0.1, -0.05) is 19.4 Å². The van der Waals surface area contributed by atoms with E-state index in [0.717, 1.165) is 24.1 Å². The molecule has 0 fully saturated rings. The van der Waals surface area contributed by atoms with Gasteiger partial charge >= 0.3 is 0 Å². The van der Waals surface area contributed by atoms with E-state index in [1.54, 1.807) is 30.3 Å². The first-order valence-electron chi connectivity index (χ1n) is 8.89. The summed E-state index contributed by atoms with van der Waals surface area (Å²) in [6.07, 6.45) is 3.44. The molecule has 0 atom stereocenters. The highest BCUT2D eigenvalue weighted by Crippen LogP contribution is 2.22. The Labute approximate surface area is 157 Å². The molecular formula is C21H21FN4O. The lowest BCUT2D eigenvalue weighted by atomic mass is 10.1. The highest BCUT2D eigenvalue weighted by Gasteiger charge is 2.07. The van der Waals surface area contributed by atoms with E-state index in [4.69, 9.17) is 0 Å². The number of amides is 1. The lowest BCUT2D eigenvalue weighted by Gasteiger charge is -2.09. The Morgan fingerprint density at radius 1 is 1.07 bits per heavy atom. The predicted octanol–water partition coefficient (Wildman–Crippen LogP) is 4.56. The quantitative estimate of drug-likeness (QED) is 0.603. The Bertz CT molecular complexity index is 912. The molecule has 0 radical (unpaired) electrons. The minimum Gasteiger partial charge on any atom is -0.352 e. The highest BCUT2D eigenvalue weighted by molar-refractivity contribution is 5.95. The van der Waals surface area contributed by atoms with E-state index >= 15 is 0 Å². The molecule has 5 nitrogen and oxygen atoms in total. The van der Waals surface area contributed by atoms with Crippen LogP contribution < -0.4 is 10.6 Å². The van der Waals surface area contributed by atoms with Gasteiger partial charge in [0.15, 0.2) is 0 Å². The molecule has 3 aromatic rings. The smallest absolute Gasteiger partial charge is 0.251 e. The molecule has 1 aromatic heterocycles. The topological polar surface area (TPSA) is 66.9 Å². The maximum atomic E-state index is 13.1. The summed E-state index contributed by atoms with van der Waals surface area (Å²) in [6, 6.07) is 15.1. The fourth-order valence-corrected chi connectivity index (χ4v) is 2.57. The number of unbranched alkanes of at least 4 members (excludes halogenated alkanes) is 1. The zero-order valence-electron chi connectivity index (χ0n) is 15.1. The Kier molecular flexibility index (Phi) is 6.10. The average Bonchev–Trinajstić information content (AvgIpc) is 2.69. The molecule has 3 rings (SSSR count). The standard InChI is InChI=1S/C21H21FN4O/c1-2-3-11-23-21(27)16-5-4-6-18(12-16)26-20-13-19(24-14-25-20)15-7-9-17(22)10-8-15/h4-10,12-14H,2-3,11H2,1H3,(H,23,27)(H,24,25,26). The number of hydrogen-bond donors (Lipinski definition) is 2. The number of rotatable bonds is 7. The fraction of sp³-hybridized carbons (Fsp3) is 0.190. The van der Waals surface area contributed by atoms with Crippen molar-refractivity contribution in [1.29, 1.82) is 0 Å². The number of nitrogens with one attached hydrogen (secondary N) is 2. The van der Waals surface area contributed by atoms with Crippen LogP contribution in [-0.4, -0.2) is 22.4 Å². The molecule has 138 valence electrons. The van der Waals surface area contributed by atoms with Crippen LogP contribution in [0.15, 0.2) is 60.9 Å². The van der Waals surface area contributed by atoms with Crippen LogP contribution in [0.2, 0.25) is 0 Å². The van der Waals surface area contributed by atoms with E-state index in [0.29, 0.717) is 23.6 Å². The molecule has 2 aromatic carbocycles. The minimum atomic E-state index is -0.291. The van der Waals surface area contributed by atoms with E-state index in [1.807, 2.05) is 12.1 Å². The highest BCUT2D eigenvalue weighted by atomic mass is 19.1. The van der Waals surface area contributed by atoms with E-state index in [1.165, 1.54) is 18.5 Å². The summed E-state index contributed by atoms with van der Waals surface area (Å²) >= 11 is 0. The molecule has 2 N–H and O–H groups in total. The van der Waals surface area contributed by atoms with Gasteiger partial charge in [-0.05, 0) is 48.9 Å². The summed E-state index contributed by atoms with van der Waals surface area (Å²) in [5.74, 6) is 0.204. The lowest BCUT2D eigenvalue weighted by molar-refractivity contribution is 0.0953. The monoisotopic (exact) mass is 364 g/mol. The van der Waals surface area contributed by atoms with Crippen molar-refractivity contribution in [3.8, 4) is 11.3 Å². The number of halogens is 1. The zero-order valence-corrected chi connectivity index (χ0v) is 15.1. The molecule has 0 bridgehead atoms. The number of benzene rings is 2. The van der Waals surface area contributed by atoms with Crippen molar-refractivity contribution < 1.29 is 9.18 Å². The van der Waals surface area contributed by atoms with Crippen LogP contribution in [0.1, 0.15) is 30.1 Å². The van der Waals surface area contributed by atoms with Gasteiger partial charge in [-0.25, -0.2) is 14.4 Å². The minimum absolute atomic E-state index is 0.0956. The molecular weight excluding hydrogens is 343 g/mol. The maximum absolute atomic E-state index is 13.1. The van der Waals surface area contributed by atoms with Gasteiger partial charge < -0.3 is 10.6 Å². The average molecular weight is 364 g/mol. The van der Waals surface area contributed by atoms with Gasteiger partial charge in [0.25, 0.3) is 5.91 Å². The molecule has 27 heavy (non-hydrogen) atoms. The number of nitrogens with zero attached hydrogens (tertiary/aromatic N) is 2. The molecule has 1 heterocycles. The van der Waals surface area contributed by atoms with Gasteiger partial charge in [0.1, 0.15) is 18.0 Å². The third-order valence-corrected chi connectivity index (χ3v) is 4.02. The second-order valence-corrected chi connectivity index (χ2v) is 6.11. The first kappa shape index (κ1) is 18.5. The largest absolute Gasteiger partial charge is 0.352 e. The Morgan fingerprint density at radius 2 is 1.89 bits per heavy atom. The zero-order chi connectivity index (χ0) is 19.1. The van der Waals surface area contributed by atoms with Crippen molar-refractivity contribution in [2.45, 2.75) is 19.8 Å². The van der Waals surface area contributed by atoms with Gasteiger partial charge in [-0.2, -0.15) is 0 Å². The number of carbonyl (C=O) groups excluding carboxylic acids is 1. The molecule has 0 aliphatic heterocycles. The number of anilines is 2. The molecule has 0 spiro atoms. The summed E-state index contributed by atoms with van der Waals surface area (Å²) in [7, 11) is 0. The second-order valence-electron chi connectivity index (χ2n) is 6.11. The number of hydrogen-bond acceptors (Lipinski definition) is 4. The Hall–Kier alpha value is -3.28. The number of carbonyl (C=O) groups is 1. The molecule has 1 amide bonds. The normalized spacial score (nSPS) is 10.4. The van der Waals surface area contributed by atoms with Gasteiger partial charge in [-0.3, -0.25) is 4.79 Å². The molecule has 0 saturated heterocycles. The van der Waals surface area contributed by atoms with Gasteiger partial charge in [0.2, 0.25) is 0 Å². The van der Waals surface area contributed by atoms with Crippen LogP contribution in [0.3, 0.4) is 0 Å². The van der Waals surface area contributed by atoms with Gasteiger partial charge in [0, 0.05) is 29.4 Å². The van der Waals surface area contributed by atoms with Crippen LogP contribution in [0, 0.1) is 5.82 Å². The Morgan fingerprint density at radius 3 is 2.67 bits per heavy atom. The van der Waals surface area contributed by atoms with E-state index in [-0.39, 0.29) is 11.7 Å². The van der Waals surface area contributed by atoms with Crippen molar-refractivity contribution in [1.82, 2.24) is 15.3 Å². The molecule has 0 aliphatic rings. The SMILES string of the molecule is CCCCNC(=O)c1cccc(Nc2cc(-c3ccc(F)cc3)ncn2)c1. The maximum Gasteiger partial charge on any atom is 0.251 e. The van der Waals surface area contributed by atoms with Crippen molar-refractivity contribution in [3.63, 3.8) is 0 Å². The molecule has 0 unspecified atom stereocenters. The van der Waals surface area contributed by atoms with Gasteiger partial charge in [-0.15, -0.1) is 0 Å². The third-order valence-electron chi connectivity index (χ3n) is 4.02. The first-order chi connectivity index (χ1) is 13.2. The second kappa shape index (κ2) is 8.89. The summed E-state index contributed by atoms with van der Waals surface area (Å²) in [4.78, 5) is 20.6. The van der Waals surface area contributed by atoms with Crippen LogP contribution in [-0.2, 0) is 0 Å². The summed E-state index contributed by atoms with van der Waals surface area (Å²) in [6.45, 7) is 2.75. The first-order valence-corrected chi connectivity index (χ1v) is 8.89. The van der Waals surface area contributed by atoms with Crippen molar-refractivity contribution >= 4 is 17.4 Å². The van der Waals surface area contributed by atoms with E-state index < -0.39 is 0 Å². The van der Waals surface area contributed by atoms with Crippen LogP contribution in [0.25, 0.3) is 11.3 Å². The fourth-order valence-electron chi connectivity index (χ4n) is 2.57. The molecule has 6 heteroatoms. The van der Waals surface area contributed by atoms with Crippen LogP contribution in [0.5, 0.6) is 0 Å². The summed E-state index contributed by atoms with van der Waals surface area (Å²) in [5.41, 5.74) is 2.82. The third kappa shape index (κ3) is 5.10. The van der Waals surface area contributed by atoms with Crippen LogP contribution >= 0.6 is 0 Å². The van der Waals surface area contributed by atoms with E-state index in [9.17, 15) is 9.18 Å². The van der Waals surface area contributed by atoms with Crippen molar-refractivity contribution in [2.24, 2.45) is 0 Å². The predicted molar refractivity (Wildman–Crippen MR) is 104 cm³/mol. The molecule has 0 aliphatic carbocycles. The summed E-state index contributed by atoms with van der Waals surface area (Å²) < 4.78 is 13.1. The Balaban J connectivity index is 1.74. The van der Waals surface area contributed by atoms with Crippen LogP contribution in [0.4, 0.5) is 15.9 Å². The van der Waals surface area contributed by atoms with Crippen molar-refractivity contribution in [2.75, 3.05) is 11.9 Å². The van der Waals surface area contributed by atoms with E-state index in [2.05, 4.69) is 27.5 Å². The van der Waals surface area contributed by atoms with Gasteiger partial charge in [0.05, 0.1) is 5.69 Å². The lowest BCUT2D eigenvalue weighted by Crippen LogP contribution is -2.24.